The summed E-state index contributed by atoms with van der Waals surface area (Å²) in [6.45, 7) is 2.83. The number of benzene rings is 1. The van der Waals surface area contributed by atoms with Gasteiger partial charge in [-0.25, -0.2) is 0 Å². The van der Waals surface area contributed by atoms with Crippen molar-refractivity contribution in [2.45, 2.75) is 32.6 Å². The third-order valence-corrected chi connectivity index (χ3v) is 4.66. The van der Waals surface area contributed by atoms with Crippen LogP contribution in [-0.2, 0) is 11.2 Å². The number of nitrogens with one attached hydrogen (secondary N) is 1. The Hall–Kier alpha value is -0.870. The van der Waals surface area contributed by atoms with E-state index in [0.717, 1.165) is 30.2 Å². The van der Waals surface area contributed by atoms with Gasteiger partial charge in [-0.1, -0.05) is 35.0 Å². The predicted molar refractivity (Wildman–Crippen MR) is 83.4 cm³/mol. The van der Waals surface area contributed by atoms with Crippen LogP contribution < -0.4 is 5.32 Å². The lowest BCUT2D eigenvalue weighted by Crippen LogP contribution is -2.36. The first-order valence-electron chi connectivity index (χ1n) is 7.21. The first-order valence-corrected chi connectivity index (χ1v) is 8.01. The van der Waals surface area contributed by atoms with Gasteiger partial charge in [0.2, 0.25) is 5.91 Å². The van der Waals surface area contributed by atoms with Crippen LogP contribution in [0.3, 0.4) is 0 Å². The number of halogens is 1. The molecule has 0 saturated heterocycles. The maximum atomic E-state index is 12.2. The third kappa shape index (κ3) is 4.06. The van der Waals surface area contributed by atoms with Crippen molar-refractivity contribution < 1.29 is 9.90 Å². The Kier molecular flexibility index (Phi) is 5.22. The van der Waals surface area contributed by atoms with E-state index in [1.54, 1.807) is 0 Å². The lowest BCUT2D eigenvalue weighted by molar-refractivity contribution is -0.125. The SMILES string of the molecule is CCC(Cc1cccc(Br)c1)C(=O)NCC1(CO)CC1. The molecule has 0 spiro atoms. The van der Waals surface area contributed by atoms with Crippen LogP contribution in [-0.4, -0.2) is 24.2 Å². The van der Waals surface area contributed by atoms with Crippen LogP contribution in [0.2, 0.25) is 0 Å². The Labute approximate surface area is 128 Å². The van der Waals surface area contributed by atoms with Crippen LogP contribution >= 0.6 is 15.9 Å². The van der Waals surface area contributed by atoms with Crippen LogP contribution in [0.1, 0.15) is 31.7 Å². The van der Waals surface area contributed by atoms with Crippen molar-refractivity contribution in [2.24, 2.45) is 11.3 Å². The summed E-state index contributed by atoms with van der Waals surface area (Å²) in [6.07, 6.45) is 3.62. The number of carbonyl (C=O) groups excluding carboxylic acids is 1. The molecule has 1 amide bonds. The van der Waals surface area contributed by atoms with Crippen molar-refractivity contribution in [1.29, 1.82) is 0 Å². The van der Waals surface area contributed by atoms with Gasteiger partial charge in [-0.05, 0) is 43.4 Å². The van der Waals surface area contributed by atoms with Gasteiger partial charge in [-0.3, -0.25) is 4.79 Å². The molecule has 0 aromatic heterocycles. The lowest BCUT2D eigenvalue weighted by Gasteiger charge is -2.18. The highest BCUT2D eigenvalue weighted by Gasteiger charge is 2.42. The highest BCUT2D eigenvalue weighted by Crippen LogP contribution is 2.44. The summed E-state index contributed by atoms with van der Waals surface area (Å²) in [5.74, 6) is 0.103. The molecule has 3 nitrogen and oxygen atoms in total. The number of hydrogen-bond donors (Lipinski definition) is 2. The molecule has 1 aromatic rings. The Bertz CT molecular complexity index is 471. The normalized spacial score (nSPS) is 17.6. The van der Waals surface area contributed by atoms with Crippen molar-refractivity contribution in [1.82, 2.24) is 5.32 Å². The molecule has 2 rings (SSSR count). The van der Waals surface area contributed by atoms with Crippen molar-refractivity contribution >= 4 is 21.8 Å². The summed E-state index contributed by atoms with van der Waals surface area (Å²) in [7, 11) is 0. The zero-order valence-corrected chi connectivity index (χ0v) is 13.4. The zero-order chi connectivity index (χ0) is 14.6. The van der Waals surface area contributed by atoms with Gasteiger partial charge in [-0.15, -0.1) is 0 Å². The molecule has 1 aliphatic carbocycles. The summed E-state index contributed by atoms with van der Waals surface area (Å²) >= 11 is 3.46. The summed E-state index contributed by atoms with van der Waals surface area (Å²) in [6, 6.07) is 8.10. The van der Waals surface area contributed by atoms with Gasteiger partial charge in [0.05, 0.1) is 6.61 Å². The fourth-order valence-electron chi connectivity index (χ4n) is 2.36. The van der Waals surface area contributed by atoms with E-state index in [-0.39, 0.29) is 23.8 Å². The van der Waals surface area contributed by atoms with Gasteiger partial charge in [0.1, 0.15) is 0 Å². The maximum absolute atomic E-state index is 12.2. The molecular formula is C16H22BrNO2. The van der Waals surface area contributed by atoms with Gasteiger partial charge in [-0.2, -0.15) is 0 Å². The lowest BCUT2D eigenvalue weighted by atomic mass is 9.95. The molecule has 0 bridgehead atoms. The number of aliphatic hydroxyl groups is 1. The Morgan fingerprint density at radius 3 is 2.80 bits per heavy atom. The maximum Gasteiger partial charge on any atom is 0.223 e. The quantitative estimate of drug-likeness (QED) is 0.802. The highest BCUT2D eigenvalue weighted by atomic mass is 79.9. The second-order valence-electron chi connectivity index (χ2n) is 5.82. The largest absolute Gasteiger partial charge is 0.396 e. The summed E-state index contributed by atoms with van der Waals surface area (Å²) < 4.78 is 1.04. The van der Waals surface area contributed by atoms with Gasteiger partial charge in [0.25, 0.3) is 0 Å². The summed E-state index contributed by atoms with van der Waals surface area (Å²) in [5, 5.41) is 12.3. The summed E-state index contributed by atoms with van der Waals surface area (Å²) in [4.78, 5) is 12.2. The van der Waals surface area contributed by atoms with Crippen LogP contribution in [0.5, 0.6) is 0 Å². The molecule has 0 aliphatic heterocycles. The third-order valence-electron chi connectivity index (χ3n) is 4.16. The molecule has 1 aliphatic rings. The monoisotopic (exact) mass is 339 g/mol. The summed E-state index contributed by atoms with van der Waals surface area (Å²) in [5.41, 5.74) is 1.15. The first kappa shape index (κ1) is 15.5. The van der Waals surface area contributed by atoms with E-state index in [1.807, 2.05) is 19.1 Å². The molecule has 0 heterocycles. The Morgan fingerprint density at radius 2 is 2.25 bits per heavy atom. The fourth-order valence-corrected chi connectivity index (χ4v) is 2.80. The number of hydrogen-bond acceptors (Lipinski definition) is 2. The number of rotatable bonds is 7. The molecule has 1 aromatic carbocycles. The van der Waals surface area contributed by atoms with Crippen LogP contribution in [0.4, 0.5) is 0 Å². The van der Waals surface area contributed by atoms with Crippen molar-refractivity contribution in [3.8, 4) is 0 Å². The predicted octanol–water partition coefficient (Wildman–Crippen LogP) is 2.91. The second-order valence-corrected chi connectivity index (χ2v) is 6.73. The van der Waals surface area contributed by atoms with Crippen molar-refractivity contribution in [3.05, 3.63) is 34.3 Å². The average Bonchev–Trinajstić information content (AvgIpc) is 3.23. The standard InChI is InChI=1S/C16H22BrNO2/c1-2-13(8-12-4-3-5-14(17)9-12)15(20)18-10-16(11-19)6-7-16/h3-5,9,13,19H,2,6-8,10-11H2,1H3,(H,18,20). The molecule has 110 valence electrons. The van der Waals surface area contributed by atoms with E-state index in [0.29, 0.717) is 6.54 Å². The molecule has 0 radical (unpaired) electrons. The van der Waals surface area contributed by atoms with E-state index in [4.69, 9.17) is 0 Å². The van der Waals surface area contributed by atoms with Crippen LogP contribution in [0, 0.1) is 11.3 Å². The van der Waals surface area contributed by atoms with Crippen molar-refractivity contribution in [3.63, 3.8) is 0 Å². The van der Waals surface area contributed by atoms with Crippen LogP contribution in [0.25, 0.3) is 0 Å². The fraction of sp³-hybridized carbons (Fsp3) is 0.562. The van der Waals surface area contributed by atoms with Gasteiger partial charge >= 0.3 is 0 Å². The molecule has 1 atom stereocenters. The number of aliphatic hydroxyl groups excluding tert-OH is 1. The number of carbonyl (C=O) groups is 1. The average molecular weight is 340 g/mol. The molecule has 2 N–H and O–H groups in total. The topological polar surface area (TPSA) is 49.3 Å². The minimum atomic E-state index is -0.0241. The zero-order valence-electron chi connectivity index (χ0n) is 11.9. The van der Waals surface area contributed by atoms with E-state index in [2.05, 4.69) is 33.4 Å². The van der Waals surface area contributed by atoms with Gasteiger partial charge < -0.3 is 10.4 Å². The molecule has 1 saturated carbocycles. The molecule has 4 heteroatoms. The van der Waals surface area contributed by atoms with Crippen LogP contribution in [0.15, 0.2) is 28.7 Å². The molecule has 1 unspecified atom stereocenters. The number of amides is 1. The molecular weight excluding hydrogens is 318 g/mol. The highest BCUT2D eigenvalue weighted by molar-refractivity contribution is 9.10. The Morgan fingerprint density at radius 1 is 1.50 bits per heavy atom. The first-order chi connectivity index (χ1) is 9.58. The Balaban J connectivity index is 1.89. The van der Waals surface area contributed by atoms with E-state index < -0.39 is 0 Å². The van der Waals surface area contributed by atoms with Crippen molar-refractivity contribution in [2.75, 3.05) is 13.2 Å². The van der Waals surface area contributed by atoms with Gasteiger partial charge in [0, 0.05) is 22.4 Å². The molecule has 1 fully saturated rings. The van der Waals surface area contributed by atoms with E-state index >= 15 is 0 Å². The van der Waals surface area contributed by atoms with Gasteiger partial charge in [0.15, 0.2) is 0 Å². The van der Waals surface area contributed by atoms with E-state index in [9.17, 15) is 9.90 Å². The molecule has 20 heavy (non-hydrogen) atoms. The minimum Gasteiger partial charge on any atom is -0.396 e. The minimum absolute atomic E-state index is 0.00112. The second kappa shape index (κ2) is 6.72. The smallest absolute Gasteiger partial charge is 0.223 e. The van der Waals surface area contributed by atoms with E-state index in [1.165, 1.54) is 5.56 Å².